The van der Waals surface area contributed by atoms with Crippen LogP contribution in [0.5, 0.6) is 5.88 Å². The summed E-state index contributed by atoms with van der Waals surface area (Å²) in [6, 6.07) is 6.14. The highest BCUT2D eigenvalue weighted by molar-refractivity contribution is 6.76. The van der Waals surface area contributed by atoms with E-state index in [1.165, 1.54) is 18.2 Å². The molecule has 226 valence electrons. The van der Waals surface area contributed by atoms with Gasteiger partial charge in [-0.2, -0.15) is 0 Å². The molecule has 8 nitrogen and oxygen atoms in total. The van der Waals surface area contributed by atoms with Crippen molar-refractivity contribution in [1.82, 2.24) is 9.55 Å². The largest absolute Gasteiger partial charge is 0.470 e. The molecule has 2 aromatic heterocycles. The van der Waals surface area contributed by atoms with Crippen molar-refractivity contribution in [2.45, 2.75) is 63.3 Å². The number of hydrogen-bond donors (Lipinski definition) is 1. The van der Waals surface area contributed by atoms with Gasteiger partial charge in [-0.25, -0.2) is 18.2 Å². The zero-order valence-electron chi connectivity index (χ0n) is 23.9. The van der Waals surface area contributed by atoms with Crippen LogP contribution < -0.4 is 4.74 Å². The van der Waals surface area contributed by atoms with Gasteiger partial charge in [-0.3, -0.25) is 4.57 Å². The van der Waals surface area contributed by atoms with Crippen LogP contribution in [0.25, 0.3) is 27.9 Å². The molecule has 0 saturated carbocycles. The van der Waals surface area contributed by atoms with Crippen LogP contribution in [0.15, 0.2) is 30.3 Å². The minimum atomic E-state index is -1.35. The lowest BCUT2D eigenvalue weighted by Gasteiger charge is -2.20. The van der Waals surface area contributed by atoms with Crippen molar-refractivity contribution in [3.8, 4) is 17.1 Å². The molecule has 1 aromatic carbocycles. The second-order valence-corrected chi connectivity index (χ2v) is 17.8. The fraction of sp³-hybridized carbons (Fsp3) is 0.500. The minimum absolute atomic E-state index is 0.0607. The average Bonchev–Trinajstić information content (AvgIpc) is 3.61. The maximum absolute atomic E-state index is 15.6. The summed E-state index contributed by atoms with van der Waals surface area (Å²) in [5.74, 6) is -2.36. The van der Waals surface area contributed by atoms with Gasteiger partial charge in [0.2, 0.25) is 0 Å². The highest BCUT2D eigenvalue weighted by atomic mass is 28.3. The Labute approximate surface area is 243 Å². The van der Waals surface area contributed by atoms with Gasteiger partial charge in [0.25, 0.3) is 0 Å². The first-order valence-electron chi connectivity index (χ1n) is 14.2. The van der Waals surface area contributed by atoms with Gasteiger partial charge in [0.1, 0.15) is 42.4 Å². The standard InChI is InChI=1S/C30H35F3N2O6Si/c1-42(2,3)9-8-38-16-35-23-12-21(33)28(27-19(31)10-18(11-20(27)32)17-4-6-37-7-5-17)34-22(23)13-26(35)41-25-15-40-29-24(36)14-39-30(25)29/h4,10-13,24-25,29-30,36H,5-9,14-16H2,1-3H3/t24-,25-,29-,30-/m1/s1. The van der Waals surface area contributed by atoms with Gasteiger partial charge in [0.15, 0.2) is 17.8 Å². The molecule has 3 aliphatic rings. The predicted octanol–water partition coefficient (Wildman–Crippen LogP) is 5.14. The van der Waals surface area contributed by atoms with E-state index < -0.39 is 61.2 Å². The van der Waals surface area contributed by atoms with Crippen LogP contribution in [-0.4, -0.2) is 80.2 Å². The minimum Gasteiger partial charge on any atom is -0.470 e. The van der Waals surface area contributed by atoms with Crippen molar-refractivity contribution in [3.05, 3.63) is 53.4 Å². The highest BCUT2D eigenvalue weighted by Gasteiger charge is 2.48. The predicted molar refractivity (Wildman–Crippen MR) is 152 cm³/mol. The number of nitrogens with zero attached hydrogens (tertiary/aromatic N) is 2. The molecular formula is C30H35F3N2O6Si. The third-order valence-electron chi connectivity index (χ3n) is 7.89. The molecule has 0 aliphatic carbocycles. The number of fused-ring (bicyclic) bond motifs is 2. The number of aliphatic hydroxyl groups is 1. The molecule has 2 fully saturated rings. The summed E-state index contributed by atoms with van der Waals surface area (Å²) in [5.41, 5.74) is 0.846. The molecule has 6 rings (SSSR count). The van der Waals surface area contributed by atoms with Crippen LogP contribution in [-0.2, 0) is 25.7 Å². The van der Waals surface area contributed by atoms with E-state index in [2.05, 4.69) is 24.6 Å². The van der Waals surface area contributed by atoms with Crippen LogP contribution in [0.1, 0.15) is 12.0 Å². The fourth-order valence-electron chi connectivity index (χ4n) is 5.54. The van der Waals surface area contributed by atoms with E-state index in [0.717, 1.165) is 11.6 Å². The maximum atomic E-state index is 15.6. The van der Waals surface area contributed by atoms with E-state index in [-0.39, 0.29) is 25.5 Å². The Morgan fingerprint density at radius 3 is 2.50 bits per heavy atom. The topological polar surface area (TPSA) is 84.2 Å². The first-order chi connectivity index (χ1) is 20.1. The summed E-state index contributed by atoms with van der Waals surface area (Å²) in [6.45, 7) is 8.49. The normalized spacial score (nSPS) is 24.3. The molecule has 3 aliphatic heterocycles. The van der Waals surface area contributed by atoms with Gasteiger partial charge in [-0.15, -0.1) is 0 Å². The van der Waals surface area contributed by atoms with Crippen LogP contribution in [0, 0.1) is 17.5 Å². The fourth-order valence-corrected chi connectivity index (χ4v) is 6.30. The van der Waals surface area contributed by atoms with Gasteiger partial charge >= 0.3 is 0 Å². The zero-order valence-corrected chi connectivity index (χ0v) is 24.9. The lowest BCUT2D eigenvalue weighted by molar-refractivity contribution is 0.00479. The second-order valence-electron chi connectivity index (χ2n) is 12.2. The SMILES string of the molecule is C[Si](C)(C)CCOCn1c(O[C@@H]2CO[C@H]3[C@@H]2OC[C@H]3O)cc2nc(-c3c(F)cc(C4=CCOCC4)cc3F)c(F)cc21. The first-order valence-corrected chi connectivity index (χ1v) is 17.9. The molecule has 4 atom stereocenters. The van der Waals surface area contributed by atoms with Crippen molar-refractivity contribution in [2.75, 3.05) is 33.0 Å². The maximum Gasteiger partial charge on any atom is 0.198 e. The third-order valence-corrected chi connectivity index (χ3v) is 9.59. The number of aromatic nitrogens is 2. The number of hydrogen-bond acceptors (Lipinski definition) is 7. The van der Waals surface area contributed by atoms with Crippen LogP contribution >= 0.6 is 0 Å². The molecule has 0 spiro atoms. The molecule has 0 amide bonds. The van der Waals surface area contributed by atoms with Gasteiger partial charge in [-0.1, -0.05) is 25.7 Å². The zero-order chi connectivity index (χ0) is 29.6. The summed E-state index contributed by atoms with van der Waals surface area (Å²) in [7, 11) is -1.35. The van der Waals surface area contributed by atoms with E-state index in [9.17, 15) is 5.11 Å². The molecule has 0 radical (unpaired) electrons. The number of halogens is 3. The number of rotatable bonds is 9. The van der Waals surface area contributed by atoms with E-state index in [1.807, 2.05) is 0 Å². The van der Waals surface area contributed by atoms with E-state index in [0.29, 0.717) is 43.2 Å². The van der Waals surface area contributed by atoms with Gasteiger partial charge in [0.05, 0.1) is 43.0 Å². The highest BCUT2D eigenvalue weighted by Crippen LogP contribution is 2.36. The quantitative estimate of drug-likeness (QED) is 0.268. The van der Waals surface area contributed by atoms with E-state index >= 15 is 13.2 Å². The number of ether oxygens (including phenoxy) is 5. The van der Waals surface area contributed by atoms with Crippen molar-refractivity contribution >= 4 is 24.7 Å². The first kappa shape index (κ1) is 29.3. The van der Waals surface area contributed by atoms with E-state index in [4.69, 9.17) is 23.7 Å². The number of pyridine rings is 1. The van der Waals surface area contributed by atoms with Crippen molar-refractivity contribution in [1.29, 1.82) is 0 Å². The van der Waals surface area contributed by atoms with Crippen molar-refractivity contribution < 1.29 is 42.0 Å². The Morgan fingerprint density at radius 1 is 1.02 bits per heavy atom. The van der Waals surface area contributed by atoms with E-state index in [1.54, 1.807) is 16.7 Å². The number of benzene rings is 1. The molecular weight excluding hydrogens is 569 g/mol. The lowest BCUT2D eigenvalue weighted by Crippen LogP contribution is -2.35. The molecule has 5 heterocycles. The molecule has 2 saturated heterocycles. The third kappa shape index (κ3) is 5.88. The summed E-state index contributed by atoms with van der Waals surface area (Å²) in [5, 5.41) is 10.1. The van der Waals surface area contributed by atoms with Gasteiger partial charge in [0, 0.05) is 26.8 Å². The molecule has 1 N–H and O–H groups in total. The molecule has 0 unspecified atom stereocenters. The molecule has 42 heavy (non-hydrogen) atoms. The average molecular weight is 605 g/mol. The second kappa shape index (κ2) is 11.7. The Balaban J connectivity index is 1.34. The Kier molecular flexibility index (Phi) is 8.20. The number of aliphatic hydroxyl groups excluding tert-OH is 1. The summed E-state index contributed by atoms with van der Waals surface area (Å²) in [4.78, 5) is 4.37. The van der Waals surface area contributed by atoms with Crippen molar-refractivity contribution in [3.63, 3.8) is 0 Å². The smallest absolute Gasteiger partial charge is 0.198 e. The molecule has 3 aromatic rings. The Morgan fingerprint density at radius 2 is 1.79 bits per heavy atom. The lowest BCUT2D eigenvalue weighted by atomic mass is 9.98. The van der Waals surface area contributed by atoms with Crippen molar-refractivity contribution in [2.24, 2.45) is 0 Å². The van der Waals surface area contributed by atoms with Gasteiger partial charge in [-0.05, 0) is 35.7 Å². The van der Waals surface area contributed by atoms with Crippen LogP contribution in [0.2, 0.25) is 25.7 Å². The van der Waals surface area contributed by atoms with Gasteiger partial charge < -0.3 is 28.8 Å². The summed E-state index contributed by atoms with van der Waals surface area (Å²) < 4.78 is 76.8. The molecule has 12 heteroatoms. The molecule has 0 bridgehead atoms. The summed E-state index contributed by atoms with van der Waals surface area (Å²) in [6.07, 6.45) is 0.0960. The van der Waals surface area contributed by atoms with Crippen LogP contribution in [0.4, 0.5) is 13.2 Å². The Hall–Kier alpha value is -2.74. The monoisotopic (exact) mass is 604 g/mol. The van der Waals surface area contributed by atoms with Crippen LogP contribution in [0.3, 0.4) is 0 Å². The summed E-state index contributed by atoms with van der Waals surface area (Å²) >= 11 is 0. The Bertz CT molecular complexity index is 1480.